The smallest absolute Gasteiger partial charge is 0.339 e. The van der Waals surface area contributed by atoms with Crippen molar-refractivity contribution in [3.63, 3.8) is 0 Å². The van der Waals surface area contributed by atoms with Gasteiger partial charge in [0.1, 0.15) is 5.03 Å². The number of hydrogen-bond acceptors (Lipinski definition) is 4. The molecule has 0 saturated carbocycles. The van der Waals surface area contributed by atoms with E-state index in [1.54, 1.807) is 12.1 Å². The second kappa shape index (κ2) is 8.93. The van der Waals surface area contributed by atoms with Crippen LogP contribution in [-0.4, -0.2) is 40.2 Å². The third-order valence-electron chi connectivity index (χ3n) is 4.57. The second-order valence-electron chi connectivity index (χ2n) is 6.46. The van der Waals surface area contributed by atoms with E-state index in [-0.39, 0.29) is 40.4 Å². The van der Waals surface area contributed by atoms with E-state index in [0.717, 1.165) is 0 Å². The molecule has 0 unspecified atom stereocenters. The Morgan fingerprint density at radius 2 is 1.79 bits per heavy atom. The number of rotatable bonds is 4. The number of ketones is 1. The maximum Gasteiger partial charge on any atom is 0.447 e. The fourth-order valence-electron chi connectivity index (χ4n) is 3.14. The highest BCUT2D eigenvalue weighted by molar-refractivity contribution is 8.00. The van der Waals surface area contributed by atoms with Crippen molar-refractivity contribution in [2.45, 2.75) is 23.4 Å². The average molecular weight is 463 g/mol. The van der Waals surface area contributed by atoms with Crippen molar-refractivity contribution in [2.24, 2.45) is 5.92 Å². The quantitative estimate of drug-likeness (QED) is 0.429. The second-order valence-corrected chi connectivity index (χ2v) is 8.33. The molecular formula is C19H15Cl2F3N2O2S. The van der Waals surface area contributed by atoms with Gasteiger partial charge < -0.3 is 4.90 Å². The zero-order valence-corrected chi connectivity index (χ0v) is 17.2. The Labute approximate surface area is 179 Å². The van der Waals surface area contributed by atoms with Gasteiger partial charge in [0, 0.05) is 42.5 Å². The number of nitrogens with zero attached hydrogens (tertiary/aromatic N) is 2. The number of benzene rings is 1. The molecule has 4 nitrogen and oxygen atoms in total. The molecule has 2 heterocycles. The molecule has 0 atom stereocenters. The van der Waals surface area contributed by atoms with Crippen LogP contribution in [0.1, 0.15) is 33.6 Å². The molecule has 1 aromatic heterocycles. The van der Waals surface area contributed by atoms with Gasteiger partial charge in [0.15, 0.2) is 5.78 Å². The molecule has 0 N–H and O–H groups in total. The Morgan fingerprint density at radius 1 is 1.10 bits per heavy atom. The molecule has 1 aromatic carbocycles. The van der Waals surface area contributed by atoms with Crippen LogP contribution in [0.3, 0.4) is 0 Å². The first kappa shape index (κ1) is 21.9. The standard InChI is InChI=1S/C19H15Cl2F3N2O2S/c20-14-4-3-12(10-15(14)21)16(27)11-5-8-26(9-6-11)18(28)13-2-1-7-25-17(13)29-19(22,23)24/h1-4,7,10-11H,5-6,8-9H2. The number of likely N-dealkylation sites (tertiary alicyclic amines) is 1. The predicted molar refractivity (Wildman–Crippen MR) is 106 cm³/mol. The molecule has 0 bridgehead atoms. The Kier molecular flexibility index (Phi) is 6.76. The van der Waals surface area contributed by atoms with E-state index >= 15 is 0 Å². The minimum Gasteiger partial charge on any atom is -0.339 e. The van der Waals surface area contributed by atoms with Gasteiger partial charge in [-0.25, -0.2) is 4.98 Å². The summed E-state index contributed by atoms with van der Waals surface area (Å²) in [5, 5.41) is 0.267. The zero-order valence-electron chi connectivity index (χ0n) is 14.9. The van der Waals surface area contributed by atoms with Crippen LogP contribution >= 0.6 is 35.0 Å². The van der Waals surface area contributed by atoms with Gasteiger partial charge in [0.05, 0.1) is 15.6 Å². The van der Waals surface area contributed by atoms with Crippen molar-refractivity contribution in [3.05, 3.63) is 57.7 Å². The fourth-order valence-corrected chi connectivity index (χ4v) is 4.04. The first-order chi connectivity index (χ1) is 13.7. The molecule has 2 aromatic rings. The highest BCUT2D eigenvalue weighted by atomic mass is 35.5. The highest BCUT2D eigenvalue weighted by Gasteiger charge is 2.34. The molecular weight excluding hydrogens is 448 g/mol. The van der Waals surface area contributed by atoms with E-state index in [0.29, 0.717) is 23.4 Å². The summed E-state index contributed by atoms with van der Waals surface area (Å²) in [5.74, 6) is -0.912. The summed E-state index contributed by atoms with van der Waals surface area (Å²) in [7, 11) is 0. The SMILES string of the molecule is O=C(c1ccc(Cl)c(Cl)c1)C1CCN(C(=O)c2cccnc2SC(F)(F)F)CC1. The van der Waals surface area contributed by atoms with Crippen LogP contribution in [0.5, 0.6) is 0 Å². The van der Waals surface area contributed by atoms with Gasteiger partial charge in [-0.05, 0) is 43.2 Å². The summed E-state index contributed by atoms with van der Waals surface area (Å²) >= 11 is 11.4. The zero-order chi connectivity index (χ0) is 21.2. The molecule has 3 rings (SSSR count). The van der Waals surface area contributed by atoms with Crippen molar-refractivity contribution in [1.82, 2.24) is 9.88 Å². The van der Waals surface area contributed by atoms with Crippen LogP contribution in [-0.2, 0) is 0 Å². The Hall–Kier alpha value is -1.77. The number of halogens is 5. The molecule has 0 radical (unpaired) electrons. The van der Waals surface area contributed by atoms with Crippen LogP contribution in [0.25, 0.3) is 0 Å². The lowest BCUT2D eigenvalue weighted by atomic mass is 9.88. The number of alkyl halides is 3. The van der Waals surface area contributed by atoms with Gasteiger partial charge in [-0.2, -0.15) is 13.2 Å². The molecule has 29 heavy (non-hydrogen) atoms. The number of aromatic nitrogens is 1. The number of Topliss-reactive ketones (excluding diaryl/α,β-unsaturated/α-hetero) is 1. The van der Waals surface area contributed by atoms with E-state index in [4.69, 9.17) is 23.2 Å². The highest BCUT2D eigenvalue weighted by Crippen LogP contribution is 2.38. The van der Waals surface area contributed by atoms with Crippen LogP contribution in [0.4, 0.5) is 13.2 Å². The van der Waals surface area contributed by atoms with Gasteiger partial charge >= 0.3 is 5.51 Å². The van der Waals surface area contributed by atoms with E-state index in [1.165, 1.54) is 29.3 Å². The number of pyridine rings is 1. The molecule has 1 fully saturated rings. The van der Waals surface area contributed by atoms with Gasteiger partial charge in [-0.3, -0.25) is 9.59 Å². The lowest BCUT2D eigenvalue weighted by Gasteiger charge is -2.31. The summed E-state index contributed by atoms with van der Waals surface area (Å²) < 4.78 is 38.2. The summed E-state index contributed by atoms with van der Waals surface area (Å²) in [6, 6.07) is 7.42. The number of amides is 1. The van der Waals surface area contributed by atoms with E-state index in [2.05, 4.69) is 4.98 Å². The average Bonchev–Trinajstić information content (AvgIpc) is 2.68. The molecule has 154 valence electrons. The number of piperidine rings is 1. The van der Waals surface area contributed by atoms with Crippen LogP contribution in [0.2, 0.25) is 10.0 Å². The Balaban J connectivity index is 1.67. The molecule has 0 spiro atoms. The summed E-state index contributed by atoms with van der Waals surface area (Å²) in [4.78, 5) is 30.6. The summed E-state index contributed by atoms with van der Waals surface area (Å²) in [6.07, 6.45) is 2.03. The molecule has 10 heteroatoms. The van der Waals surface area contributed by atoms with Crippen molar-refractivity contribution in [2.75, 3.05) is 13.1 Å². The molecule has 1 aliphatic rings. The van der Waals surface area contributed by atoms with E-state index in [1.807, 2.05) is 0 Å². The van der Waals surface area contributed by atoms with Crippen molar-refractivity contribution >= 4 is 46.7 Å². The predicted octanol–water partition coefficient (Wildman–Crippen LogP) is 5.74. The Morgan fingerprint density at radius 3 is 2.41 bits per heavy atom. The largest absolute Gasteiger partial charge is 0.447 e. The summed E-state index contributed by atoms with van der Waals surface area (Å²) in [5.41, 5.74) is -4.19. The molecule has 0 aliphatic carbocycles. The number of carbonyl (C=O) groups excluding carboxylic acids is 2. The number of hydrogen-bond donors (Lipinski definition) is 0. The summed E-state index contributed by atoms with van der Waals surface area (Å²) in [6.45, 7) is 0.531. The normalized spacial score (nSPS) is 15.4. The number of carbonyl (C=O) groups is 2. The monoisotopic (exact) mass is 462 g/mol. The van der Waals surface area contributed by atoms with E-state index in [9.17, 15) is 22.8 Å². The maximum absolute atomic E-state index is 12.7. The lowest BCUT2D eigenvalue weighted by Crippen LogP contribution is -2.40. The van der Waals surface area contributed by atoms with Gasteiger partial charge in [0.2, 0.25) is 0 Å². The van der Waals surface area contributed by atoms with Gasteiger partial charge in [-0.1, -0.05) is 23.2 Å². The minimum atomic E-state index is -4.54. The molecule has 1 aliphatic heterocycles. The van der Waals surface area contributed by atoms with Gasteiger partial charge in [0.25, 0.3) is 5.91 Å². The van der Waals surface area contributed by atoms with E-state index < -0.39 is 23.2 Å². The van der Waals surface area contributed by atoms with Crippen LogP contribution < -0.4 is 0 Å². The lowest BCUT2D eigenvalue weighted by molar-refractivity contribution is -0.0329. The van der Waals surface area contributed by atoms with Gasteiger partial charge in [-0.15, -0.1) is 0 Å². The first-order valence-corrected chi connectivity index (χ1v) is 10.2. The first-order valence-electron chi connectivity index (χ1n) is 8.65. The third-order valence-corrected chi connectivity index (χ3v) is 6.06. The van der Waals surface area contributed by atoms with Crippen molar-refractivity contribution in [3.8, 4) is 0 Å². The molecule has 1 amide bonds. The third kappa shape index (κ3) is 5.43. The van der Waals surface area contributed by atoms with Crippen LogP contribution in [0.15, 0.2) is 41.6 Å². The Bertz CT molecular complexity index is 932. The van der Waals surface area contributed by atoms with Crippen molar-refractivity contribution in [1.29, 1.82) is 0 Å². The number of thioether (sulfide) groups is 1. The maximum atomic E-state index is 12.7. The van der Waals surface area contributed by atoms with Crippen molar-refractivity contribution < 1.29 is 22.8 Å². The van der Waals surface area contributed by atoms with Crippen LogP contribution in [0, 0.1) is 5.92 Å². The molecule has 1 saturated heterocycles. The minimum absolute atomic E-state index is 0.0923. The topological polar surface area (TPSA) is 50.3 Å². The fraction of sp³-hybridized carbons (Fsp3) is 0.316.